The SMILES string of the molecule is CCCCCCCCCCCC(=O)OC[C@H](COC(=O)CCCCCCCCC)OC(=O)CCCCCCCCCCCCC(C)CC. The Kier molecular flexibility index (Phi) is 35.5. The van der Waals surface area contributed by atoms with Crippen LogP contribution < -0.4 is 0 Å². The van der Waals surface area contributed by atoms with E-state index in [-0.39, 0.29) is 31.1 Å². The van der Waals surface area contributed by atoms with Crippen molar-refractivity contribution in [3.8, 4) is 0 Å². The molecule has 0 rings (SSSR count). The molecule has 0 spiro atoms. The summed E-state index contributed by atoms with van der Waals surface area (Å²) in [6, 6.07) is 0. The number of hydrogen-bond acceptors (Lipinski definition) is 6. The van der Waals surface area contributed by atoms with Crippen LogP contribution in [0, 0.1) is 5.92 Å². The third kappa shape index (κ3) is 34.3. The Hall–Kier alpha value is -1.59. The predicted molar refractivity (Wildman–Crippen MR) is 201 cm³/mol. The highest BCUT2D eigenvalue weighted by Gasteiger charge is 2.19. The summed E-state index contributed by atoms with van der Waals surface area (Å²) >= 11 is 0. The number of carbonyl (C=O) groups is 3. The molecule has 6 nitrogen and oxygen atoms in total. The number of unbranched alkanes of at least 4 members (excludes halogenated alkanes) is 23. The fraction of sp³-hybridized carbons (Fsp3) is 0.929. The molecule has 0 aromatic carbocycles. The minimum atomic E-state index is -0.757. The Balaban J connectivity index is 4.30. The number of ether oxygens (including phenoxy) is 3. The van der Waals surface area contributed by atoms with Gasteiger partial charge in [-0.3, -0.25) is 14.4 Å². The van der Waals surface area contributed by atoms with Gasteiger partial charge < -0.3 is 14.2 Å². The molecule has 0 aromatic heterocycles. The molecular formula is C42H80O6. The zero-order chi connectivity index (χ0) is 35.3. The molecule has 0 radical (unpaired) electrons. The van der Waals surface area contributed by atoms with Crippen LogP contribution in [-0.4, -0.2) is 37.2 Å². The molecule has 0 aliphatic rings. The van der Waals surface area contributed by atoms with E-state index < -0.39 is 6.10 Å². The zero-order valence-corrected chi connectivity index (χ0v) is 32.4. The number of hydrogen-bond donors (Lipinski definition) is 0. The Morgan fingerprint density at radius 3 is 1.08 bits per heavy atom. The molecule has 0 heterocycles. The minimum absolute atomic E-state index is 0.0651. The highest BCUT2D eigenvalue weighted by Crippen LogP contribution is 2.16. The molecule has 0 fully saturated rings. The van der Waals surface area contributed by atoms with Gasteiger partial charge in [-0.1, -0.05) is 188 Å². The average Bonchev–Trinajstić information content (AvgIpc) is 3.08. The number of rotatable bonds is 37. The van der Waals surface area contributed by atoms with E-state index in [9.17, 15) is 14.4 Å². The van der Waals surface area contributed by atoms with E-state index in [1.165, 1.54) is 122 Å². The van der Waals surface area contributed by atoms with Gasteiger partial charge in [0.15, 0.2) is 6.10 Å². The molecule has 0 amide bonds. The summed E-state index contributed by atoms with van der Waals surface area (Å²) < 4.78 is 16.6. The van der Waals surface area contributed by atoms with Gasteiger partial charge in [-0.15, -0.1) is 0 Å². The lowest BCUT2D eigenvalue weighted by Gasteiger charge is -2.18. The van der Waals surface area contributed by atoms with Crippen molar-refractivity contribution in [2.24, 2.45) is 5.92 Å². The first kappa shape index (κ1) is 46.4. The summed E-state index contributed by atoms with van der Waals surface area (Å²) in [7, 11) is 0. The van der Waals surface area contributed by atoms with Crippen molar-refractivity contribution >= 4 is 17.9 Å². The second kappa shape index (κ2) is 36.7. The van der Waals surface area contributed by atoms with Crippen LogP contribution in [0.1, 0.15) is 227 Å². The summed E-state index contributed by atoms with van der Waals surface area (Å²) in [5.41, 5.74) is 0. The van der Waals surface area contributed by atoms with Gasteiger partial charge in [0.1, 0.15) is 13.2 Å². The zero-order valence-electron chi connectivity index (χ0n) is 32.4. The Labute approximate surface area is 298 Å². The summed E-state index contributed by atoms with van der Waals surface area (Å²) in [6.45, 7) is 8.94. The third-order valence-corrected chi connectivity index (χ3v) is 9.65. The summed E-state index contributed by atoms with van der Waals surface area (Å²) in [6.07, 6.45) is 33.7. The van der Waals surface area contributed by atoms with Crippen molar-refractivity contribution < 1.29 is 28.6 Å². The van der Waals surface area contributed by atoms with Crippen molar-refractivity contribution in [1.82, 2.24) is 0 Å². The Morgan fingerprint density at radius 1 is 0.417 bits per heavy atom. The topological polar surface area (TPSA) is 78.9 Å². The molecule has 0 bridgehead atoms. The molecule has 48 heavy (non-hydrogen) atoms. The van der Waals surface area contributed by atoms with E-state index in [1.807, 2.05) is 0 Å². The van der Waals surface area contributed by atoms with E-state index >= 15 is 0 Å². The predicted octanol–water partition coefficient (Wildman–Crippen LogP) is 12.8. The van der Waals surface area contributed by atoms with Crippen LogP contribution in [0.4, 0.5) is 0 Å². The van der Waals surface area contributed by atoms with Crippen LogP contribution in [0.25, 0.3) is 0 Å². The number of carbonyl (C=O) groups excluding carboxylic acids is 3. The van der Waals surface area contributed by atoms with Gasteiger partial charge in [-0.05, 0) is 25.2 Å². The van der Waals surface area contributed by atoms with Crippen LogP contribution in [0.3, 0.4) is 0 Å². The molecule has 0 saturated carbocycles. The number of esters is 3. The monoisotopic (exact) mass is 681 g/mol. The van der Waals surface area contributed by atoms with Crippen molar-refractivity contribution in [1.29, 1.82) is 0 Å². The normalized spacial score (nSPS) is 12.5. The van der Waals surface area contributed by atoms with Gasteiger partial charge in [-0.25, -0.2) is 0 Å². The lowest BCUT2D eigenvalue weighted by molar-refractivity contribution is -0.167. The molecule has 0 aromatic rings. The highest BCUT2D eigenvalue weighted by atomic mass is 16.6. The maximum absolute atomic E-state index is 12.6. The molecule has 2 atom stereocenters. The summed E-state index contributed by atoms with van der Waals surface area (Å²) in [4.78, 5) is 37.4. The summed E-state index contributed by atoms with van der Waals surface area (Å²) in [5, 5.41) is 0. The van der Waals surface area contributed by atoms with Crippen LogP contribution in [0.5, 0.6) is 0 Å². The van der Waals surface area contributed by atoms with Gasteiger partial charge in [-0.2, -0.15) is 0 Å². The molecule has 284 valence electrons. The Morgan fingerprint density at radius 2 is 0.729 bits per heavy atom. The van der Waals surface area contributed by atoms with Crippen molar-refractivity contribution in [2.75, 3.05) is 13.2 Å². The quantitative estimate of drug-likeness (QED) is 0.0369. The van der Waals surface area contributed by atoms with E-state index in [4.69, 9.17) is 14.2 Å². The maximum Gasteiger partial charge on any atom is 0.306 e. The third-order valence-electron chi connectivity index (χ3n) is 9.65. The van der Waals surface area contributed by atoms with E-state index in [1.54, 1.807) is 0 Å². The maximum atomic E-state index is 12.6. The van der Waals surface area contributed by atoms with E-state index in [0.717, 1.165) is 63.7 Å². The second-order valence-electron chi connectivity index (χ2n) is 14.5. The first-order chi connectivity index (χ1) is 23.4. The van der Waals surface area contributed by atoms with Gasteiger partial charge in [0.05, 0.1) is 0 Å². The fourth-order valence-corrected chi connectivity index (χ4v) is 6.06. The highest BCUT2D eigenvalue weighted by molar-refractivity contribution is 5.71. The molecular weight excluding hydrogens is 600 g/mol. The molecule has 0 N–H and O–H groups in total. The van der Waals surface area contributed by atoms with Crippen molar-refractivity contribution in [3.05, 3.63) is 0 Å². The average molecular weight is 681 g/mol. The van der Waals surface area contributed by atoms with Crippen molar-refractivity contribution in [2.45, 2.75) is 233 Å². The van der Waals surface area contributed by atoms with E-state index in [2.05, 4.69) is 27.7 Å². The molecule has 1 unspecified atom stereocenters. The molecule has 0 aliphatic carbocycles. The van der Waals surface area contributed by atoms with Gasteiger partial charge in [0.2, 0.25) is 0 Å². The van der Waals surface area contributed by atoms with Crippen LogP contribution in [-0.2, 0) is 28.6 Å². The largest absolute Gasteiger partial charge is 0.462 e. The van der Waals surface area contributed by atoms with Gasteiger partial charge in [0.25, 0.3) is 0 Å². The smallest absolute Gasteiger partial charge is 0.306 e. The standard InChI is InChI=1S/C42H80O6/c1-5-8-10-12-14-17-22-26-30-34-41(44)47-37-39(36-46-40(43)33-29-25-20-13-11-9-6-2)48-42(45)35-31-27-23-19-16-15-18-21-24-28-32-38(4)7-3/h38-39H,5-37H2,1-4H3/t38?,39-/m0/s1. The minimum Gasteiger partial charge on any atom is -0.462 e. The first-order valence-corrected chi connectivity index (χ1v) is 20.9. The lowest BCUT2D eigenvalue weighted by Crippen LogP contribution is -2.30. The molecule has 6 heteroatoms. The Bertz CT molecular complexity index is 723. The second-order valence-corrected chi connectivity index (χ2v) is 14.5. The van der Waals surface area contributed by atoms with E-state index in [0.29, 0.717) is 19.3 Å². The fourth-order valence-electron chi connectivity index (χ4n) is 6.06. The van der Waals surface area contributed by atoms with Crippen LogP contribution in [0.15, 0.2) is 0 Å². The molecule has 0 saturated heterocycles. The van der Waals surface area contributed by atoms with Gasteiger partial charge >= 0.3 is 17.9 Å². The van der Waals surface area contributed by atoms with Crippen molar-refractivity contribution in [3.63, 3.8) is 0 Å². The molecule has 0 aliphatic heterocycles. The lowest BCUT2D eigenvalue weighted by atomic mass is 9.99. The van der Waals surface area contributed by atoms with Crippen LogP contribution in [0.2, 0.25) is 0 Å². The van der Waals surface area contributed by atoms with Crippen LogP contribution >= 0.6 is 0 Å². The first-order valence-electron chi connectivity index (χ1n) is 20.9. The summed E-state index contributed by atoms with van der Waals surface area (Å²) in [5.74, 6) is -0.00121. The van der Waals surface area contributed by atoms with Gasteiger partial charge in [0, 0.05) is 19.3 Å².